The van der Waals surface area contributed by atoms with Gasteiger partial charge in [-0.05, 0) is 54.5 Å². The molecular formula is C27H34O6. The number of ether oxygens (including phenoxy) is 2. The third-order valence-electron chi connectivity index (χ3n) is 6.89. The maximum Gasteiger partial charge on any atom is 0.201 e. The minimum atomic E-state index is -0.565. The number of benzene rings is 2. The Kier molecular flexibility index (Phi) is 7.15. The first-order valence-electron chi connectivity index (χ1n) is 11.9. The van der Waals surface area contributed by atoms with Crippen molar-refractivity contribution in [2.75, 3.05) is 7.11 Å². The van der Waals surface area contributed by atoms with Crippen LogP contribution in [-0.2, 0) is 17.6 Å². The fourth-order valence-corrected chi connectivity index (χ4v) is 5.05. The zero-order valence-corrected chi connectivity index (χ0v) is 19.3. The molecule has 2 aliphatic rings. The van der Waals surface area contributed by atoms with E-state index in [-0.39, 0.29) is 29.3 Å². The molecule has 1 fully saturated rings. The van der Waals surface area contributed by atoms with E-state index >= 15 is 0 Å². The van der Waals surface area contributed by atoms with Crippen LogP contribution in [-0.4, -0.2) is 39.7 Å². The minimum absolute atomic E-state index is 0.153. The van der Waals surface area contributed by atoms with Crippen LogP contribution >= 0.6 is 0 Å². The second kappa shape index (κ2) is 10.1. The van der Waals surface area contributed by atoms with Crippen molar-refractivity contribution in [3.8, 4) is 23.0 Å². The van der Waals surface area contributed by atoms with Gasteiger partial charge < -0.3 is 29.9 Å². The molecule has 0 aromatic heterocycles. The molecule has 1 aliphatic heterocycles. The first kappa shape index (κ1) is 23.5. The molecule has 4 atom stereocenters. The molecule has 1 heterocycles. The predicted molar refractivity (Wildman–Crippen MR) is 127 cm³/mol. The van der Waals surface area contributed by atoms with Gasteiger partial charge in [-0.15, -0.1) is 0 Å². The number of rotatable bonds is 8. The van der Waals surface area contributed by atoms with E-state index in [1.165, 1.54) is 13.2 Å². The van der Waals surface area contributed by atoms with Crippen LogP contribution in [0.3, 0.4) is 0 Å². The number of aliphatic hydroxyl groups excluding tert-OH is 1. The summed E-state index contributed by atoms with van der Waals surface area (Å²) in [6.45, 7) is 2.17. The van der Waals surface area contributed by atoms with Crippen molar-refractivity contribution in [1.82, 2.24) is 0 Å². The number of hydrogen-bond donors (Lipinski definition) is 4. The Bertz CT molecular complexity index is 1010. The smallest absolute Gasteiger partial charge is 0.201 e. The minimum Gasteiger partial charge on any atom is -0.508 e. The molecule has 1 saturated heterocycles. The number of phenols is 3. The maximum atomic E-state index is 10.8. The first-order valence-corrected chi connectivity index (χ1v) is 11.9. The monoisotopic (exact) mass is 454 g/mol. The van der Waals surface area contributed by atoms with Crippen LogP contribution < -0.4 is 4.74 Å². The van der Waals surface area contributed by atoms with E-state index in [2.05, 4.69) is 13.0 Å². The summed E-state index contributed by atoms with van der Waals surface area (Å²) < 4.78 is 11.7. The van der Waals surface area contributed by atoms with E-state index in [1.807, 2.05) is 18.2 Å². The molecule has 0 amide bonds. The van der Waals surface area contributed by atoms with Crippen LogP contribution in [0.2, 0.25) is 0 Å². The highest BCUT2D eigenvalue weighted by Crippen LogP contribution is 2.50. The van der Waals surface area contributed by atoms with Gasteiger partial charge in [-0.25, -0.2) is 0 Å². The van der Waals surface area contributed by atoms with Crippen molar-refractivity contribution in [2.24, 2.45) is 5.92 Å². The lowest BCUT2D eigenvalue weighted by molar-refractivity contribution is -0.127. The van der Waals surface area contributed by atoms with Gasteiger partial charge in [0.25, 0.3) is 0 Å². The van der Waals surface area contributed by atoms with E-state index in [0.717, 1.165) is 49.7 Å². The van der Waals surface area contributed by atoms with Crippen molar-refractivity contribution in [3.63, 3.8) is 0 Å². The Balaban J connectivity index is 1.49. The van der Waals surface area contributed by atoms with Gasteiger partial charge >= 0.3 is 0 Å². The molecule has 0 saturated carbocycles. The van der Waals surface area contributed by atoms with Gasteiger partial charge in [-0.3, -0.25) is 0 Å². The average Bonchev–Trinajstić information content (AvgIpc) is 2.80. The summed E-state index contributed by atoms with van der Waals surface area (Å²) in [5.74, 6) is -0.223. The molecule has 0 radical (unpaired) electrons. The van der Waals surface area contributed by atoms with Gasteiger partial charge in [0.1, 0.15) is 5.75 Å². The van der Waals surface area contributed by atoms with Gasteiger partial charge in [0.15, 0.2) is 11.5 Å². The van der Waals surface area contributed by atoms with Gasteiger partial charge in [0.05, 0.1) is 25.4 Å². The molecule has 4 rings (SSSR count). The van der Waals surface area contributed by atoms with Crippen molar-refractivity contribution in [3.05, 3.63) is 52.6 Å². The van der Waals surface area contributed by atoms with Crippen LogP contribution in [0.1, 0.15) is 67.4 Å². The number of aliphatic hydroxyl groups is 1. The quantitative estimate of drug-likeness (QED) is 0.331. The maximum absolute atomic E-state index is 10.8. The summed E-state index contributed by atoms with van der Waals surface area (Å²) in [7, 11) is 1.45. The van der Waals surface area contributed by atoms with Gasteiger partial charge in [-0.2, -0.15) is 0 Å². The number of unbranched alkanes of at least 4 members (excludes halogenated alkanes) is 2. The molecular weight excluding hydrogens is 420 g/mol. The molecule has 178 valence electrons. The fourth-order valence-electron chi connectivity index (χ4n) is 5.05. The van der Waals surface area contributed by atoms with Gasteiger partial charge in [-0.1, -0.05) is 44.1 Å². The van der Waals surface area contributed by atoms with Crippen LogP contribution in [0.25, 0.3) is 6.08 Å². The zero-order chi connectivity index (χ0) is 23.5. The zero-order valence-electron chi connectivity index (χ0n) is 19.3. The Hall–Kier alpha value is -2.70. The highest BCUT2D eigenvalue weighted by Gasteiger charge is 2.41. The summed E-state index contributed by atoms with van der Waals surface area (Å²) in [5.41, 5.74) is 3.51. The highest BCUT2D eigenvalue weighted by molar-refractivity contribution is 5.71. The molecule has 2 aromatic rings. The summed E-state index contributed by atoms with van der Waals surface area (Å²) in [6.07, 6.45) is 8.84. The third kappa shape index (κ3) is 4.82. The van der Waals surface area contributed by atoms with Gasteiger partial charge in [0.2, 0.25) is 5.75 Å². The number of methoxy groups -OCH3 is 1. The van der Waals surface area contributed by atoms with Crippen molar-refractivity contribution in [1.29, 1.82) is 0 Å². The van der Waals surface area contributed by atoms with E-state index in [9.17, 15) is 20.4 Å². The van der Waals surface area contributed by atoms with Crippen LogP contribution in [0.15, 0.2) is 30.3 Å². The second-order valence-electron chi connectivity index (χ2n) is 9.16. The Labute approximate surface area is 195 Å². The third-order valence-corrected chi connectivity index (χ3v) is 6.89. The molecule has 33 heavy (non-hydrogen) atoms. The average molecular weight is 455 g/mol. The normalized spacial score (nSPS) is 23.7. The summed E-state index contributed by atoms with van der Waals surface area (Å²) in [6, 6.07) is 7.31. The number of aryl methyl sites for hydroxylation is 2. The second-order valence-corrected chi connectivity index (χ2v) is 9.16. The van der Waals surface area contributed by atoms with Crippen molar-refractivity contribution in [2.45, 2.75) is 70.2 Å². The fraction of sp³-hybridized carbons (Fsp3) is 0.481. The summed E-state index contributed by atoms with van der Waals surface area (Å²) in [5, 5.41) is 41.4. The number of phenolic OH excluding ortho intramolecular Hbond substituents is 3. The molecule has 1 aliphatic carbocycles. The molecule has 6 nitrogen and oxygen atoms in total. The molecule has 4 unspecified atom stereocenters. The largest absolute Gasteiger partial charge is 0.508 e. The Morgan fingerprint density at radius 3 is 2.64 bits per heavy atom. The first-order chi connectivity index (χ1) is 15.9. The van der Waals surface area contributed by atoms with E-state index in [0.29, 0.717) is 23.3 Å². The highest BCUT2D eigenvalue weighted by atomic mass is 16.5. The van der Waals surface area contributed by atoms with Crippen LogP contribution in [0, 0.1) is 5.92 Å². The molecule has 6 heteroatoms. The SMILES string of the molecule is CCCCCc1cc(CCC2CC(O)C3C=Cc4c(cc(O)c(O)c4OC)C3O2)ccc1O. The van der Waals surface area contributed by atoms with E-state index in [1.54, 1.807) is 6.07 Å². The van der Waals surface area contributed by atoms with E-state index < -0.39 is 12.2 Å². The summed E-state index contributed by atoms with van der Waals surface area (Å²) in [4.78, 5) is 0. The predicted octanol–water partition coefficient (Wildman–Crippen LogP) is 5.01. The lowest BCUT2D eigenvalue weighted by atomic mass is 9.78. The topological polar surface area (TPSA) is 99.4 Å². The van der Waals surface area contributed by atoms with Crippen molar-refractivity contribution >= 4 is 6.08 Å². The molecule has 0 spiro atoms. The van der Waals surface area contributed by atoms with Crippen LogP contribution in [0.4, 0.5) is 0 Å². The van der Waals surface area contributed by atoms with E-state index in [4.69, 9.17) is 9.47 Å². The standard InChI is InChI=1S/C27H34O6/c1-3-4-5-6-17-13-16(8-12-22(17)28)7-9-18-14-23(29)20-11-10-19-21(26(20)33-18)15-24(30)25(31)27(19)32-2/h8,10-13,15,18,20,23,26,28-31H,3-7,9,14H2,1-2H3. The van der Waals surface area contributed by atoms with Crippen molar-refractivity contribution < 1.29 is 29.9 Å². The number of hydrogen-bond acceptors (Lipinski definition) is 6. The Morgan fingerprint density at radius 2 is 1.88 bits per heavy atom. The Morgan fingerprint density at radius 1 is 1.06 bits per heavy atom. The molecule has 0 bridgehead atoms. The lowest BCUT2D eigenvalue weighted by Crippen LogP contribution is -2.40. The molecule has 4 N–H and O–H groups in total. The van der Waals surface area contributed by atoms with Crippen LogP contribution in [0.5, 0.6) is 23.0 Å². The number of aromatic hydroxyl groups is 3. The lowest BCUT2D eigenvalue weighted by Gasteiger charge is -2.41. The summed E-state index contributed by atoms with van der Waals surface area (Å²) >= 11 is 0. The number of fused-ring (bicyclic) bond motifs is 3. The van der Waals surface area contributed by atoms with Gasteiger partial charge in [0, 0.05) is 17.9 Å². The molecule has 2 aromatic carbocycles.